The number of rotatable bonds is 7. The molecule has 3 aromatic rings. The van der Waals surface area contributed by atoms with Crippen LogP contribution in [0, 0.1) is 0 Å². The highest BCUT2D eigenvalue weighted by molar-refractivity contribution is 7.99. The van der Waals surface area contributed by atoms with E-state index in [1.807, 2.05) is 24.3 Å². The third-order valence-electron chi connectivity index (χ3n) is 5.61. The van der Waals surface area contributed by atoms with Gasteiger partial charge in [-0.25, -0.2) is 13.4 Å². The van der Waals surface area contributed by atoms with E-state index in [9.17, 15) is 13.2 Å². The second-order valence-electron chi connectivity index (χ2n) is 7.71. The minimum Gasteiger partial charge on any atom is -0.333 e. The third-order valence-corrected chi connectivity index (χ3v) is 8.46. The van der Waals surface area contributed by atoms with Crippen LogP contribution < -0.4 is 5.32 Å². The van der Waals surface area contributed by atoms with E-state index in [1.165, 1.54) is 16.1 Å². The van der Waals surface area contributed by atoms with E-state index in [-0.39, 0.29) is 22.6 Å². The molecule has 0 radical (unpaired) electrons. The molecule has 1 amide bonds. The molecule has 0 saturated heterocycles. The number of anilines is 1. The van der Waals surface area contributed by atoms with E-state index in [2.05, 4.69) is 15.3 Å². The number of imidazole rings is 1. The van der Waals surface area contributed by atoms with Gasteiger partial charge in [0.1, 0.15) is 4.90 Å². The number of aromatic amines is 1. The average molecular weight is 459 g/mol. The number of H-pyrrole nitrogens is 1. The normalized spacial score (nSPS) is 15.4. The fourth-order valence-corrected chi connectivity index (χ4v) is 6.15. The van der Waals surface area contributed by atoms with Gasteiger partial charge in [0, 0.05) is 13.1 Å². The maximum atomic E-state index is 13.3. The number of hydrogen-bond donors (Lipinski definition) is 2. The van der Waals surface area contributed by atoms with Crippen LogP contribution in [0.3, 0.4) is 0 Å². The topological polar surface area (TPSA) is 95.2 Å². The second kappa shape index (κ2) is 9.42. The quantitative estimate of drug-likeness (QED) is 0.516. The first-order valence-corrected chi connectivity index (χ1v) is 12.8. The van der Waals surface area contributed by atoms with Gasteiger partial charge in [-0.1, -0.05) is 55.3 Å². The molecule has 0 atom stereocenters. The van der Waals surface area contributed by atoms with Gasteiger partial charge in [0.15, 0.2) is 5.16 Å². The number of carbonyl (C=O) groups is 1. The van der Waals surface area contributed by atoms with Gasteiger partial charge >= 0.3 is 0 Å². The molecule has 1 fully saturated rings. The van der Waals surface area contributed by atoms with Crippen LogP contribution in [-0.4, -0.2) is 47.4 Å². The Hall–Kier alpha value is -2.36. The van der Waals surface area contributed by atoms with E-state index >= 15 is 0 Å². The Morgan fingerprint density at radius 3 is 2.61 bits per heavy atom. The first-order valence-electron chi connectivity index (χ1n) is 10.4. The number of nitrogens with one attached hydrogen (secondary N) is 2. The van der Waals surface area contributed by atoms with E-state index in [0.717, 1.165) is 43.1 Å². The molecule has 7 nitrogen and oxygen atoms in total. The van der Waals surface area contributed by atoms with Crippen molar-refractivity contribution in [1.82, 2.24) is 14.3 Å². The number of hydrogen-bond acceptors (Lipinski definition) is 5. The summed E-state index contributed by atoms with van der Waals surface area (Å²) in [5, 5.41) is 3.42. The molecule has 1 aliphatic carbocycles. The van der Waals surface area contributed by atoms with E-state index in [0.29, 0.717) is 10.8 Å². The van der Waals surface area contributed by atoms with Crippen molar-refractivity contribution < 1.29 is 13.2 Å². The molecule has 164 valence electrons. The number of aromatic nitrogens is 2. The summed E-state index contributed by atoms with van der Waals surface area (Å²) >= 11 is 1.28. The first-order chi connectivity index (χ1) is 14.9. The van der Waals surface area contributed by atoms with Gasteiger partial charge in [-0.05, 0) is 37.1 Å². The van der Waals surface area contributed by atoms with Crippen LogP contribution in [0.5, 0.6) is 0 Å². The third kappa shape index (κ3) is 4.94. The van der Waals surface area contributed by atoms with Crippen LogP contribution in [0.4, 0.5) is 5.69 Å². The van der Waals surface area contributed by atoms with Crippen LogP contribution >= 0.6 is 11.8 Å². The molecular formula is C22H26N4O3S2. The van der Waals surface area contributed by atoms with E-state index < -0.39 is 10.0 Å². The molecule has 9 heteroatoms. The molecule has 0 bridgehead atoms. The lowest BCUT2D eigenvalue weighted by Crippen LogP contribution is -2.38. The van der Waals surface area contributed by atoms with Crippen molar-refractivity contribution in [3.63, 3.8) is 0 Å². The van der Waals surface area contributed by atoms with Crippen LogP contribution in [0.1, 0.15) is 32.1 Å². The predicted octanol–water partition coefficient (Wildman–Crippen LogP) is 4.25. The first kappa shape index (κ1) is 21.9. The molecule has 2 aromatic carbocycles. The monoisotopic (exact) mass is 458 g/mol. The molecular weight excluding hydrogens is 432 g/mol. The van der Waals surface area contributed by atoms with Gasteiger partial charge < -0.3 is 10.3 Å². The van der Waals surface area contributed by atoms with Gasteiger partial charge in [-0.2, -0.15) is 4.31 Å². The van der Waals surface area contributed by atoms with Gasteiger partial charge in [0.2, 0.25) is 15.9 Å². The minimum atomic E-state index is -3.71. The molecule has 1 aromatic heterocycles. The van der Waals surface area contributed by atoms with Crippen molar-refractivity contribution in [3.8, 4) is 0 Å². The fourth-order valence-electron chi connectivity index (χ4n) is 3.91. The lowest BCUT2D eigenvalue weighted by atomic mass is 9.96. The van der Waals surface area contributed by atoms with E-state index in [4.69, 9.17) is 0 Å². The molecule has 1 saturated carbocycles. The number of benzene rings is 2. The summed E-state index contributed by atoms with van der Waals surface area (Å²) in [7, 11) is -2.07. The standard InChI is InChI=1S/C22H26N4O3S2/c1-26(16-9-3-2-4-10-16)31(28,29)20-14-8-7-13-19(20)23-21(27)15-30-22-24-17-11-5-6-12-18(17)25-22/h5-8,11-14,16H,2-4,9-10,15H2,1H3,(H,23,27)(H,24,25). The van der Waals surface area contributed by atoms with Crippen molar-refractivity contribution in [1.29, 1.82) is 0 Å². The van der Waals surface area contributed by atoms with Gasteiger partial charge in [0.25, 0.3) is 0 Å². The largest absolute Gasteiger partial charge is 0.333 e. The summed E-state index contributed by atoms with van der Waals surface area (Å²) in [6.07, 6.45) is 4.99. The van der Waals surface area contributed by atoms with Crippen molar-refractivity contribution in [2.45, 2.75) is 48.2 Å². The number of sulfonamides is 1. The molecule has 0 aliphatic heterocycles. The SMILES string of the molecule is CN(C1CCCCC1)S(=O)(=O)c1ccccc1NC(=O)CSc1nc2ccccc2[nH]1. The van der Waals surface area contributed by atoms with Crippen molar-refractivity contribution in [2.24, 2.45) is 0 Å². The Balaban J connectivity index is 1.45. The number of nitrogens with zero attached hydrogens (tertiary/aromatic N) is 2. The number of amides is 1. The lowest BCUT2D eigenvalue weighted by Gasteiger charge is -2.30. The summed E-state index contributed by atoms with van der Waals surface area (Å²) in [6.45, 7) is 0. The molecule has 1 aliphatic rings. The Labute approximate surface area is 186 Å². The van der Waals surface area contributed by atoms with Crippen LogP contribution in [-0.2, 0) is 14.8 Å². The molecule has 2 N–H and O–H groups in total. The molecule has 0 unspecified atom stereocenters. The Morgan fingerprint density at radius 1 is 1.13 bits per heavy atom. The Kier molecular flexibility index (Phi) is 6.64. The maximum Gasteiger partial charge on any atom is 0.245 e. The zero-order valence-corrected chi connectivity index (χ0v) is 19.0. The van der Waals surface area contributed by atoms with Gasteiger partial charge in [-0.3, -0.25) is 4.79 Å². The number of thioether (sulfide) groups is 1. The van der Waals surface area contributed by atoms with Crippen molar-refractivity contribution in [3.05, 3.63) is 48.5 Å². The summed E-state index contributed by atoms with van der Waals surface area (Å²) in [5.74, 6) is -0.166. The highest BCUT2D eigenvalue weighted by Gasteiger charge is 2.31. The van der Waals surface area contributed by atoms with Gasteiger partial charge in [-0.15, -0.1) is 0 Å². The summed E-state index contributed by atoms with van der Waals surface area (Å²) in [5.41, 5.74) is 2.06. The smallest absolute Gasteiger partial charge is 0.245 e. The van der Waals surface area contributed by atoms with Gasteiger partial charge in [0.05, 0.1) is 22.5 Å². The predicted molar refractivity (Wildman–Crippen MR) is 124 cm³/mol. The summed E-state index contributed by atoms with van der Waals surface area (Å²) < 4.78 is 28.0. The van der Waals surface area contributed by atoms with Crippen LogP contribution in [0.15, 0.2) is 58.6 Å². The zero-order chi connectivity index (χ0) is 21.8. The Morgan fingerprint density at radius 2 is 1.84 bits per heavy atom. The van der Waals surface area contributed by atoms with Crippen molar-refractivity contribution >= 4 is 44.4 Å². The minimum absolute atomic E-state index is 0.00569. The van der Waals surface area contributed by atoms with Crippen LogP contribution in [0.2, 0.25) is 0 Å². The fraction of sp³-hybridized carbons (Fsp3) is 0.364. The summed E-state index contributed by atoms with van der Waals surface area (Å²) in [4.78, 5) is 20.3. The highest BCUT2D eigenvalue weighted by Crippen LogP contribution is 2.30. The lowest BCUT2D eigenvalue weighted by molar-refractivity contribution is -0.113. The van der Waals surface area contributed by atoms with Crippen molar-refractivity contribution in [2.75, 3.05) is 18.1 Å². The highest BCUT2D eigenvalue weighted by atomic mass is 32.2. The average Bonchev–Trinajstić information content (AvgIpc) is 3.21. The number of carbonyl (C=O) groups excluding carboxylic acids is 1. The summed E-state index contributed by atoms with van der Waals surface area (Å²) in [6, 6.07) is 14.3. The number of fused-ring (bicyclic) bond motifs is 1. The maximum absolute atomic E-state index is 13.3. The zero-order valence-electron chi connectivity index (χ0n) is 17.4. The molecule has 4 rings (SSSR count). The Bertz CT molecular complexity index is 1140. The molecule has 31 heavy (non-hydrogen) atoms. The van der Waals surface area contributed by atoms with Crippen LogP contribution in [0.25, 0.3) is 11.0 Å². The van der Waals surface area contributed by atoms with E-state index in [1.54, 1.807) is 31.3 Å². The number of para-hydroxylation sites is 3. The second-order valence-corrected chi connectivity index (χ2v) is 10.6. The molecule has 1 heterocycles. The molecule has 0 spiro atoms.